The first-order valence-electron chi connectivity index (χ1n) is 4.01. The van der Waals surface area contributed by atoms with Crippen LogP contribution in [0.3, 0.4) is 0 Å². The van der Waals surface area contributed by atoms with Gasteiger partial charge in [0, 0.05) is 25.2 Å². The fourth-order valence-corrected chi connectivity index (χ4v) is 1.03. The van der Waals surface area contributed by atoms with E-state index in [1.165, 1.54) is 30.7 Å². The molecule has 14 heavy (non-hydrogen) atoms. The number of hydrogen-bond acceptors (Lipinski definition) is 4. The molecule has 0 aliphatic carbocycles. The molecule has 0 amide bonds. The summed E-state index contributed by atoms with van der Waals surface area (Å²) in [6.07, 6.45) is 0.405. The van der Waals surface area contributed by atoms with Crippen molar-refractivity contribution in [1.29, 1.82) is 0 Å². The van der Waals surface area contributed by atoms with E-state index >= 15 is 0 Å². The smallest absolute Gasteiger partial charge is 0.269 e. The fourth-order valence-electron chi connectivity index (χ4n) is 1.03. The van der Waals surface area contributed by atoms with Gasteiger partial charge in [0.25, 0.3) is 5.69 Å². The number of benzene rings is 1. The standard InChI is InChI=1S/C9H10NO4/c11-6-5-9(12)7-1-3-8(4-2-7)10(13)14/h1-5,9,11-12H,6H2. The van der Waals surface area contributed by atoms with Crippen molar-refractivity contribution < 1.29 is 15.1 Å². The van der Waals surface area contributed by atoms with Crippen LogP contribution in [-0.2, 0) is 0 Å². The van der Waals surface area contributed by atoms with Crippen molar-refractivity contribution in [2.75, 3.05) is 6.61 Å². The summed E-state index contributed by atoms with van der Waals surface area (Å²) >= 11 is 0. The lowest BCUT2D eigenvalue weighted by atomic mass is 10.1. The molecule has 0 aliphatic rings. The molecule has 1 rings (SSSR count). The molecule has 1 aromatic rings. The van der Waals surface area contributed by atoms with Gasteiger partial charge < -0.3 is 10.2 Å². The Hall–Kier alpha value is -1.46. The molecule has 0 aliphatic heterocycles. The molecule has 1 aromatic carbocycles. The van der Waals surface area contributed by atoms with Gasteiger partial charge >= 0.3 is 0 Å². The minimum atomic E-state index is -0.888. The second-order valence-electron chi connectivity index (χ2n) is 2.71. The van der Waals surface area contributed by atoms with Crippen LogP contribution in [-0.4, -0.2) is 21.7 Å². The quantitative estimate of drug-likeness (QED) is 0.551. The van der Waals surface area contributed by atoms with Gasteiger partial charge in [-0.2, -0.15) is 0 Å². The maximum absolute atomic E-state index is 10.3. The van der Waals surface area contributed by atoms with Gasteiger partial charge in [-0.1, -0.05) is 0 Å². The van der Waals surface area contributed by atoms with E-state index in [1.807, 2.05) is 0 Å². The highest BCUT2D eigenvalue weighted by atomic mass is 16.6. The Morgan fingerprint density at radius 2 is 2.00 bits per heavy atom. The number of aliphatic hydroxyl groups is 2. The van der Waals surface area contributed by atoms with Gasteiger partial charge in [0.1, 0.15) is 0 Å². The monoisotopic (exact) mass is 196 g/mol. The molecular formula is C9H10NO4. The Balaban J connectivity index is 2.77. The number of hydrogen-bond donors (Lipinski definition) is 2. The highest BCUT2D eigenvalue weighted by Gasteiger charge is 2.09. The topological polar surface area (TPSA) is 83.6 Å². The Kier molecular flexibility index (Phi) is 3.55. The molecule has 1 unspecified atom stereocenters. The summed E-state index contributed by atoms with van der Waals surface area (Å²) in [6.45, 7) is -0.238. The molecular weight excluding hydrogens is 186 g/mol. The first-order chi connectivity index (χ1) is 6.65. The number of rotatable bonds is 4. The Labute approximate surface area is 80.8 Å². The van der Waals surface area contributed by atoms with Crippen molar-refractivity contribution in [1.82, 2.24) is 0 Å². The van der Waals surface area contributed by atoms with Crippen molar-refractivity contribution in [3.63, 3.8) is 0 Å². The molecule has 0 heterocycles. The van der Waals surface area contributed by atoms with E-state index in [1.54, 1.807) is 0 Å². The fraction of sp³-hybridized carbons (Fsp3) is 0.222. The summed E-state index contributed by atoms with van der Waals surface area (Å²) in [5, 5.41) is 28.2. The van der Waals surface area contributed by atoms with Crippen LogP contribution < -0.4 is 0 Å². The Morgan fingerprint density at radius 3 is 2.43 bits per heavy atom. The highest BCUT2D eigenvalue weighted by molar-refractivity contribution is 5.34. The number of nitro groups is 1. The van der Waals surface area contributed by atoms with Gasteiger partial charge in [-0.05, 0) is 17.7 Å². The predicted molar refractivity (Wildman–Crippen MR) is 49.4 cm³/mol. The van der Waals surface area contributed by atoms with Crippen LogP contribution >= 0.6 is 0 Å². The van der Waals surface area contributed by atoms with Crippen molar-refractivity contribution >= 4 is 5.69 Å². The number of nitrogens with zero attached hydrogens (tertiary/aromatic N) is 1. The average Bonchev–Trinajstić information content (AvgIpc) is 2.18. The van der Waals surface area contributed by atoms with E-state index in [0.29, 0.717) is 5.56 Å². The summed E-state index contributed by atoms with van der Waals surface area (Å²) in [5.41, 5.74) is 0.495. The van der Waals surface area contributed by atoms with E-state index in [4.69, 9.17) is 5.11 Å². The molecule has 5 heteroatoms. The molecule has 1 atom stereocenters. The minimum absolute atomic E-state index is 0.0232. The summed E-state index contributed by atoms with van der Waals surface area (Å²) in [4.78, 5) is 9.80. The lowest BCUT2D eigenvalue weighted by molar-refractivity contribution is -0.384. The molecule has 0 saturated heterocycles. The predicted octanol–water partition coefficient (Wildman–Crippen LogP) is 0.825. The Bertz CT molecular complexity index is 309. The second-order valence-corrected chi connectivity index (χ2v) is 2.71. The zero-order valence-electron chi connectivity index (χ0n) is 7.33. The third-order valence-corrected chi connectivity index (χ3v) is 1.77. The average molecular weight is 196 g/mol. The van der Waals surface area contributed by atoms with Crippen LogP contribution in [0.4, 0.5) is 5.69 Å². The largest absolute Gasteiger partial charge is 0.396 e. The first-order valence-corrected chi connectivity index (χ1v) is 4.01. The number of nitro benzene ring substituents is 1. The van der Waals surface area contributed by atoms with Crippen LogP contribution in [0.1, 0.15) is 11.7 Å². The van der Waals surface area contributed by atoms with Crippen LogP contribution in [0, 0.1) is 16.5 Å². The molecule has 0 spiro atoms. The van der Waals surface area contributed by atoms with Gasteiger partial charge in [-0.15, -0.1) is 0 Å². The third-order valence-electron chi connectivity index (χ3n) is 1.77. The van der Waals surface area contributed by atoms with Gasteiger partial charge in [0.15, 0.2) is 0 Å². The molecule has 0 aromatic heterocycles. The summed E-state index contributed by atoms with van der Waals surface area (Å²) in [6, 6.07) is 5.53. The van der Waals surface area contributed by atoms with Gasteiger partial charge in [-0.25, -0.2) is 0 Å². The molecule has 1 radical (unpaired) electrons. The van der Waals surface area contributed by atoms with E-state index in [2.05, 4.69) is 0 Å². The molecule has 0 fully saturated rings. The van der Waals surface area contributed by atoms with E-state index < -0.39 is 11.0 Å². The molecule has 75 valence electrons. The van der Waals surface area contributed by atoms with E-state index in [9.17, 15) is 15.2 Å². The van der Waals surface area contributed by atoms with Gasteiger partial charge in [0.05, 0.1) is 11.0 Å². The summed E-state index contributed by atoms with van der Waals surface area (Å²) in [7, 11) is 0. The zero-order valence-corrected chi connectivity index (χ0v) is 7.33. The lowest BCUT2D eigenvalue weighted by Gasteiger charge is -2.07. The van der Waals surface area contributed by atoms with E-state index in [0.717, 1.165) is 0 Å². The van der Waals surface area contributed by atoms with Crippen molar-refractivity contribution in [3.05, 3.63) is 46.4 Å². The van der Waals surface area contributed by atoms with Crippen LogP contribution in [0.2, 0.25) is 0 Å². The van der Waals surface area contributed by atoms with E-state index in [-0.39, 0.29) is 12.3 Å². The van der Waals surface area contributed by atoms with Crippen LogP contribution in [0.15, 0.2) is 24.3 Å². The van der Waals surface area contributed by atoms with Gasteiger partial charge in [0.2, 0.25) is 0 Å². The molecule has 0 saturated carbocycles. The van der Waals surface area contributed by atoms with Crippen molar-refractivity contribution in [2.24, 2.45) is 0 Å². The summed E-state index contributed by atoms with van der Waals surface area (Å²) < 4.78 is 0. The Morgan fingerprint density at radius 1 is 1.43 bits per heavy atom. The van der Waals surface area contributed by atoms with Crippen LogP contribution in [0.25, 0.3) is 0 Å². The zero-order chi connectivity index (χ0) is 10.6. The lowest BCUT2D eigenvalue weighted by Crippen LogP contribution is -2.01. The van der Waals surface area contributed by atoms with Crippen molar-refractivity contribution in [3.8, 4) is 0 Å². The minimum Gasteiger partial charge on any atom is -0.396 e. The normalized spacial score (nSPS) is 12.4. The number of non-ortho nitro benzene ring substituents is 1. The van der Waals surface area contributed by atoms with Crippen LogP contribution in [0.5, 0.6) is 0 Å². The first kappa shape index (κ1) is 10.6. The molecule has 5 nitrogen and oxygen atoms in total. The number of aliphatic hydroxyl groups excluding tert-OH is 2. The molecule has 0 bridgehead atoms. The molecule has 2 N–H and O–H groups in total. The SMILES string of the molecule is O=[N+]([O-])c1ccc(C(O)[CH]CO)cc1. The second kappa shape index (κ2) is 4.69. The van der Waals surface area contributed by atoms with Crippen molar-refractivity contribution in [2.45, 2.75) is 6.10 Å². The van der Waals surface area contributed by atoms with Gasteiger partial charge in [-0.3, -0.25) is 10.1 Å². The highest BCUT2D eigenvalue weighted by Crippen LogP contribution is 2.18. The summed E-state index contributed by atoms with van der Waals surface area (Å²) in [5.74, 6) is 0. The third kappa shape index (κ3) is 2.51. The maximum Gasteiger partial charge on any atom is 0.269 e. The maximum atomic E-state index is 10.3.